The zero-order valence-corrected chi connectivity index (χ0v) is 13.0. The van der Waals surface area contributed by atoms with Crippen LogP contribution in [-0.4, -0.2) is 20.2 Å². The zero-order valence-electron chi connectivity index (χ0n) is 11.4. The molecule has 1 aromatic heterocycles. The second-order valence-corrected chi connectivity index (χ2v) is 8.11. The number of rotatable bonds is 4. The smallest absolute Gasteiger partial charge is 0.214 e. The first-order valence-electron chi connectivity index (χ1n) is 6.88. The molecule has 1 aliphatic rings. The Morgan fingerprint density at radius 1 is 1.30 bits per heavy atom. The first kappa shape index (κ1) is 15.5. The number of thiophene rings is 1. The number of hydrogen-bond acceptors (Lipinski definition) is 4. The summed E-state index contributed by atoms with van der Waals surface area (Å²) in [4.78, 5) is 1.90. The van der Waals surface area contributed by atoms with Crippen LogP contribution in [0, 0.1) is 11.8 Å². The maximum atomic E-state index is 12.2. The molecule has 0 bridgehead atoms. The maximum Gasteiger partial charge on any atom is 0.214 e. The molecule has 0 atom stereocenters. The van der Waals surface area contributed by atoms with Crippen LogP contribution >= 0.6 is 11.3 Å². The number of nitrogens with two attached hydrogens (primary N) is 1. The molecular weight excluding hydrogens is 292 g/mol. The van der Waals surface area contributed by atoms with Crippen molar-refractivity contribution < 1.29 is 8.42 Å². The predicted octanol–water partition coefficient (Wildman–Crippen LogP) is 1.81. The van der Waals surface area contributed by atoms with E-state index in [2.05, 4.69) is 16.6 Å². The fourth-order valence-electron chi connectivity index (χ4n) is 2.34. The van der Waals surface area contributed by atoms with Crippen LogP contribution in [0.1, 0.15) is 41.9 Å². The molecule has 0 saturated heterocycles. The molecule has 1 saturated carbocycles. The second kappa shape index (κ2) is 7.23. The Morgan fingerprint density at radius 3 is 2.75 bits per heavy atom. The summed E-state index contributed by atoms with van der Waals surface area (Å²) in [6.45, 7) is 0.690. The van der Waals surface area contributed by atoms with Gasteiger partial charge in [0.1, 0.15) is 0 Å². The van der Waals surface area contributed by atoms with E-state index in [0.29, 0.717) is 13.1 Å². The molecule has 0 unspecified atom stereocenters. The van der Waals surface area contributed by atoms with Gasteiger partial charge in [-0.1, -0.05) is 31.1 Å². The molecular formula is C14H20N2O2S2. The van der Waals surface area contributed by atoms with Crippen molar-refractivity contribution in [3.63, 3.8) is 0 Å². The van der Waals surface area contributed by atoms with Gasteiger partial charge in [-0.05, 0) is 25.0 Å². The summed E-state index contributed by atoms with van der Waals surface area (Å²) in [6.07, 6.45) is 4.76. The van der Waals surface area contributed by atoms with Crippen molar-refractivity contribution in [3.8, 4) is 11.8 Å². The lowest BCUT2D eigenvalue weighted by molar-refractivity contribution is 0.477. The van der Waals surface area contributed by atoms with Gasteiger partial charge in [0, 0.05) is 11.4 Å². The zero-order chi connectivity index (χ0) is 14.4. The molecule has 20 heavy (non-hydrogen) atoms. The minimum atomic E-state index is -3.19. The highest BCUT2D eigenvalue weighted by Gasteiger charge is 2.26. The van der Waals surface area contributed by atoms with Gasteiger partial charge in [-0.15, -0.1) is 11.3 Å². The van der Waals surface area contributed by atoms with Crippen LogP contribution in [0.15, 0.2) is 12.1 Å². The number of sulfonamides is 1. The van der Waals surface area contributed by atoms with Crippen LogP contribution in [0.4, 0.5) is 0 Å². The third-order valence-electron chi connectivity index (χ3n) is 3.41. The predicted molar refractivity (Wildman–Crippen MR) is 82.9 cm³/mol. The van der Waals surface area contributed by atoms with E-state index in [1.165, 1.54) is 11.3 Å². The number of nitrogens with one attached hydrogen (secondary N) is 1. The highest BCUT2D eigenvalue weighted by atomic mass is 32.2. The van der Waals surface area contributed by atoms with Gasteiger partial charge in [-0.25, -0.2) is 13.1 Å². The van der Waals surface area contributed by atoms with Crippen molar-refractivity contribution in [2.75, 3.05) is 6.54 Å². The molecule has 2 rings (SSSR count). The van der Waals surface area contributed by atoms with Gasteiger partial charge in [0.25, 0.3) is 0 Å². The molecule has 6 heteroatoms. The van der Waals surface area contributed by atoms with Crippen LogP contribution in [0.25, 0.3) is 0 Å². The highest BCUT2D eigenvalue weighted by molar-refractivity contribution is 7.90. The van der Waals surface area contributed by atoms with E-state index < -0.39 is 10.0 Å². The van der Waals surface area contributed by atoms with Crippen LogP contribution < -0.4 is 10.5 Å². The minimum Gasteiger partial charge on any atom is -0.320 e. The SMILES string of the molecule is NCC#Cc1ccc(CNS(=O)(=O)C2CCCCC2)s1. The first-order valence-corrected chi connectivity index (χ1v) is 9.24. The molecule has 1 aromatic rings. The summed E-state index contributed by atoms with van der Waals surface area (Å²) < 4.78 is 27.1. The Bertz CT molecular complexity index is 590. The van der Waals surface area contributed by atoms with Crippen molar-refractivity contribution in [3.05, 3.63) is 21.9 Å². The van der Waals surface area contributed by atoms with Crippen molar-refractivity contribution in [1.29, 1.82) is 0 Å². The molecule has 1 heterocycles. The molecule has 0 amide bonds. The normalized spacial score (nSPS) is 16.6. The van der Waals surface area contributed by atoms with Crippen LogP contribution in [-0.2, 0) is 16.6 Å². The van der Waals surface area contributed by atoms with Gasteiger partial charge in [0.15, 0.2) is 0 Å². The van der Waals surface area contributed by atoms with Crippen molar-refractivity contribution >= 4 is 21.4 Å². The fraction of sp³-hybridized carbons (Fsp3) is 0.571. The van der Waals surface area contributed by atoms with Crippen molar-refractivity contribution in [2.24, 2.45) is 5.73 Å². The molecule has 0 aromatic carbocycles. The summed E-state index contributed by atoms with van der Waals surface area (Å²) >= 11 is 1.50. The quantitative estimate of drug-likeness (QED) is 0.833. The van der Waals surface area contributed by atoms with Gasteiger partial charge >= 0.3 is 0 Å². The summed E-state index contributed by atoms with van der Waals surface area (Å²) in [5, 5.41) is -0.215. The molecule has 0 radical (unpaired) electrons. The molecule has 4 nitrogen and oxygen atoms in total. The maximum absolute atomic E-state index is 12.2. The largest absolute Gasteiger partial charge is 0.320 e. The second-order valence-electron chi connectivity index (χ2n) is 4.90. The Hall–Kier alpha value is -0.870. The lowest BCUT2D eigenvalue weighted by atomic mass is 10.0. The standard InChI is InChI=1S/C14H20N2O2S2/c15-10-4-5-12-8-9-13(19-12)11-16-20(17,18)14-6-2-1-3-7-14/h8-9,14,16H,1-3,6-7,10-11,15H2. The summed E-state index contributed by atoms with van der Waals surface area (Å²) in [5.41, 5.74) is 5.32. The van der Waals surface area contributed by atoms with E-state index in [1.807, 2.05) is 12.1 Å². The minimum absolute atomic E-state index is 0.215. The van der Waals surface area contributed by atoms with Crippen LogP contribution in [0.5, 0.6) is 0 Å². The van der Waals surface area contributed by atoms with Crippen molar-refractivity contribution in [2.45, 2.75) is 43.9 Å². The molecule has 0 spiro atoms. The molecule has 3 N–H and O–H groups in total. The average molecular weight is 312 g/mol. The summed E-state index contributed by atoms with van der Waals surface area (Å²) in [7, 11) is -3.19. The highest BCUT2D eigenvalue weighted by Crippen LogP contribution is 2.23. The first-order chi connectivity index (χ1) is 9.62. The number of hydrogen-bond donors (Lipinski definition) is 2. The van der Waals surface area contributed by atoms with E-state index in [0.717, 1.165) is 41.9 Å². The molecule has 1 fully saturated rings. The lowest BCUT2D eigenvalue weighted by Gasteiger charge is -2.21. The van der Waals surface area contributed by atoms with Crippen molar-refractivity contribution in [1.82, 2.24) is 4.72 Å². The Labute approximate surface area is 124 Å². The van der Waals surface area contributed by atoms with E-state index in [9.17, 15) is 8.42 Å². The Balaban J connectivity index is 1.92. The van der Waals surface area contributed by atoms with Gasteiger partial charge in [-0.2, -0.15) is 0 Å². The Morgan fingerprint density at radius 2 is 2.05 bits per heavy atom. The van der Waals surface area contributed by atoms with Crippen LogP contribution in [0.2, 0.25) is 0 Å². The van der Waals surface area contributed by atoms with E-state index in [4.69, 9.17) is 5.73 Å². The average Bonchev–Trinajstić information content (AvgIpc) is 2.92. The van der Waals surface area contributed by atoms with Gasteiger partial charge in [0.2, 0.25) is 10.0 Å². The monoisotopic (exact) mass is 312 g/mol. The third kappa shape index (κ3) is 4.32. The van der Waals surface area contributed by atoms with Gasteiger partial charge in [-0.3, -0.25) is 0 Å². The Kier molecular flexibility index (Phi) is 5.61. The fourth-order valence-corrected chi connectivity index (χ4v) is 4.80. The summed E-state index contributed by atoms with van der Waals surface area (Å²) in [6, 6.07) is 3.81. The molecule has 0 aliphatic heterocycles. The molecule has 110 valence electrons. The molecule has 1 aliphatic carbocycles. The topological polar surface area (TPSA) is 72.2 Å². The third-order valence-corrected chi connectivity index (χ3v) is 6.31. The lowest BCUT2D eigenvalue weighted by Crippen LogP contribution is -2.35. The van der Waals surface area contributed by atoms with Gasteiger partial charge in [0.05, 0.1) is 16.7 Å². The van der Waals surface area contributed by atoms with Crippen LogP contribution in [0.3, 0.4) is 0 Å². The van der Waals surface area contributed by atoms with E-state index in [1.54, 1.807) is 0 Å². The summed E-state index contributed by atoms with van der Waals surface area (Å²) in [5.74, 6) is 5.74. The van der Waals surface area contributed by atoms with E-state index >= 15 is 0 Å². The van der Waals surface area contributed by atoms with E-state index in [-0.39, 0.29) is 5.25 Å². The van der Waals surface area contributed by atoms with Gasteiger partial charge < -0.3 is 5.73 Å².